The van der Waals surface area contributed by atoms with Crippen molar-refractivity contribution >= 4 is 34.5 Å². The molecule has 0 aliphatic rings. The zero-order valence-electron chi connectivity index (χ0n) is 14.6. The van der Waals surface area contributed by atoms with Gasteiger partial charge >= 0.3 is 0 Å². The maximum absolute atomic E-state index is 12.3. The van der Waals surface area contributed by atoms with Crippen LogP contribution in [0.15, 0.2) is 57.7 Å². The molecule has 27 heavy (non-hydrogen) atoms. The summed E-state index contributed by atoms with van der Waals surface area (Å²) in [5.74, 6) is 0.158. The van der Waals surface area contributed by atoms with Crippen LogP contribution in [0.4, 0.5) is 5.88 Å². The molecule has 4 aromatic rings. The van der Waals surface area contributed by atoms with Crippen LogP contribution in [-0.2, 0) is 17.6 Å². The molecule has 1 N–H and O–H groups in total. The quantitative estimate of drug-likeness (QED) is 0.483. The first-order valence-electron chi connectivity index (χ1n) is 8.55. The Hall–Kier alpha value is -2.77. The van der Waals surface area contributed by atoms with Crippen LogP contribution in [0.1, 0.15) is 18.2 Å². The van der Waals surface area contributed by atoms with E-state index in [4.69, 9.17) is 4.52 Å². The molecule has 4 rings (SSSR count). The van der Waals surface area contributed by atoms with Crippen molar-refractivity contribution in [2.45, 2.75) is 19.8 Å². The van der Waals surface area contributed by atoms with E-state index >= 15 is 0 Å². The van der Waals surface area contributed by atoms with Gasteiger partial charge in [0.2, 0.25) is 11.8 Å². The zero-order valence-corrected chi connectivity index (χ0v) is 16.3. The second-order valence-corrected chi connectivity index (χ2v) is 7.78. The molecule has 0 atom stereocenters. The molecule has 7 heteroatoms. The summed E-state index contributed by atoms with van der Waals surface area (Å²) in [5, 5.41) is 11.6. The number of hydrogen-bond donors (Lipinski definition) is 1. The highest BCUT2D eigenvalue weighted by Crippen LogP contribution is 2.28. The molecule has 0 bridgehead atoms. The first-order valence-corrected chi connectivity index (χ1v) is 10.3. The van der Waals surface area contributed by atoms with E-state index in [0.29, 0.717) is 11.6 Å². The van der Waals surface area contributed by atoms with Crippen LogP contribution in [0, 0.1) is 0 Å². The van der Waals surface area contributed by atoms with E-state index in [1.807, 2.05) is 35.0 Å². The van der Waals surface area contributed by atoms with Crippen LogP contribution in [0.2, 0.25) is 0 Å². The van der Waals surface area contributed by atoms with Crippen LogP contribution in [0.3, 0.4) is 0 Å². The van der Waals surface area contributed by atoms with E-state index in [-0.39, 0.29) is 12.3 Å². The fraction of sp³-hybridized carbons (Fsp3) is 0.150. The largest absolute Gasteiger partial charge is 0.338 e. The Morgan fingerprint density at radius 1 is 1.19 bits per heavy atom. The molecule has 0 aliphatic carbocycles. The number of carbonyl (C=O) groups excluding carboxylic acids is 1. The highest BCUT2D eigenvalue weighted by molar-refractivity contribution is 7.20. The lowest BCUT2D eigenvalue weighted by Gasteiger charge is -1.99. The number of thiophene rings is 1. The molecule has 1 amide bonds. The second-order valence-electron chi connectivity index (χ2n) is 5.97. The van der Waals surface area contributed by atoms with Crippen LogP contribution in [-0.4, -0.2) is 16.0 Å². The van der Waals surface area contributed by atoms with Crippen molar-refractivity contribution < 1.29 is 9.32 Å². The van der Waals surface area contributed by atoms with Gasteiger partial charge in [0.1, 0.15) is 10.7 Å². The lowest BCUT2D eigenvalue weighted by Crippen LogP contribution is -2.14. The Labute approximate surface area is 164 Å². The minimum absolute atomic E-state index is 0.179. The molecule has 0 saturated heterocycles. The van der Waals surface area contributed by atoms with E-state index in [0.717, 1.165) is 27.6 Å². The summed E-state index contributed by atoms with van der Waals surface area (Å²) in [7, 11) is 0. The fourth-order valence-corrected chi connectivity index (χ4v) is 4.26. The molecular weight excluding hydrogens is 378 g/mol. The number of thiazole rings is 1. The van der Waals surface area contributed by atoms with Crippen LogP contribution in [0.25, 0.3) is 21.1 Å². The topological polar surface area (TPSA) is 68.0 Å². The average Bonchev–Trinajstić information content (AvgIpc) is 3.43. The van der Waals surface area contributed by atoms with Gasteiger partial charge in [-0.3, -0.25) is 10.1 Å². The number of aromatic nitrogens is 2. The number of aryl methyl sites for hydroxylation is 1. The number of carbonyl (C=O) groups is 1. The van der Waals surface area contributed by atoms with Gasteiger partial charge in [0.05, 0.1) is 17.0 Å². The number of anilines is 1. The van der Waals surface area contributed by atoms with Crippen molar-refractivity contribution in [3.05, 3.63) is 64.5 Å². The minimum atomic E-state index is -0.179. The first kappa shape index (κ1) is 17.6. The van der Waals surface area contributed by atoms with Crippen LogP contribution >= 0.6 is 22.7 Å². The van der Waals surface area contributed by atoms with Gasteiger partial charge in [0.15, 0.2) is 0 Å². The van der Waals surface area contributed by atoms with Gasteiger partial charge in [-0.1, -0.05) is 42.4 Å². The lowest BCUT2D eigenvalue weighted by atomic mass is 10.1. The van der Waals surface area contributed by atoms with Crippen molar-refractivity contribution in [1.82, 2.24) is 10.1 Å². The predicted molar refractivity (Wildman–Crippen MR) is 109 cm³/mol. The maximum atomic E-state index is 12.3. The van der Waals surface area contributed by atoms with Gasteiger partial charge in [0, 0.05) is 17.0 Å². The first-order chi connectivity index (χ1) is 13.2. The van der Waals surface area contributed by atoms with E-state index in [1.54, 1.807) is 28.7 Å². The van der Waals surface area contributed by atoms with E-state index in [1.165, 1.54) is 5.56 Å². The van der Waals surface area contributed by atoms with Gasteiger partial charge in [0.25, 0.3) is 0 Å². The van der Waals surface area contributed by atoms with E-state index < -0.39 is 0 Å². The molecule has 1 aromatic carbocycles. The van der Waals surface area contributed by atoms with Crippen molar-refractivity contribution in [1.29, 1.82) is 0 Å². The highest BCUT2D eigenvalue weighted by atomic mass is 32.1. The predicted octanol–water partition coefficient (Wildman–Crippen LogP) is 5.27. The Kier molecular flexibility index (Phi) is 5.13. The maximum Gasteiger partial charge on any atom is 0.232 e. The second kappa shape index (κ2) is 7.85. The Bertz CT molecular complexity index is 1030. The summed E-state index contributed by atoms with van der Waals surface area (Å²) < 4.78 is 5.25. The third-order valence-electron chi connectivity index (χ3n) is 4.06. The molecule has 136 valence electrons. The lowest BCUT2D eigenvalue weighted by molar-refractivity contribution is -0.115. The van der Waals surface area contributed by atoms with Crippen molar-refractivity contribution in [3.8, 4) is 21.1 Å². The highest BCUT2D eigenvalue weighted by Gasteiger charge is 2.13. The summed E-state index contributed by atoms with van der Waals surface area (Å²) in [5.41, 5.74) is 3.66. The Balaban J connectivity index is 1.39. The molecule has 0 aliphatic heterocycles. The number of rotatable bonds is 6. The molecule has 0 spiro atoms. The summed E-state index contributed by atoms with van der Waals surface area (Å²) >= 11 is 3.18. The third-order valence-corrected chi connectivity index (χ3v) is 5.99. The summed E-state index contributed by atoms with van der Waals surface area (Å²) in [4.78, 5) is 17.9. The molecule has 0 radical (unpaired) electrons. The normalized spacial score (nSPS) is 10.9. The van der Waals surface area contributed by atoms with E-state index in [2.05, 4.69) is 34.5 Å². The zero-order chi connectivity index (χ0) is 18.6. The molecule has 0 unspecified atom stereocenters. The Morgan fingerprint density at radius 3 is 2.78 bits per heavy atom. The number of hydrogen-bond acceptors (Lipinski definition) is 6. The van der Waals surface area contributed by atoms with Gasteiger partial charge < -0.3 is 4.52 Å². The average molecular weight is 396 g/mol. The van der Waals surface area contributed by atoms with Crippen LogP contribution in [0.5, 0.6) is 0 Å². The molecule has 0 saturated carbocycles. The van der Waals surface area contributed by atoms with E-state index in [9.17, 15) is 4.79 Å². The van der Waals surface area contributed by atoms with Gasteiger partial charge in [-0.25, -0.2) is 4.98 Å². The van der Waals surface area contributed by atoms with Crippen molar-refractivity contribution in [2.75, 3.05) is 5.32 Å². The van der Waals surface area contributed by atoms with Gasteiger partial charge in [-0.15, -0.1) is 22.7 Å². The number of nitrogens with one attached hydrogen (secondary N) is 1. The minimum Gasteiger partial charge on any atom is -0.338 e. The molecule has 3 aromatic heterocycles. The van der Waals surface area contributed by atoms with Crippen molar-refractivity contribution in [2.24, 2.45) is 0 Å². The monoisotopic (exact) mass is 395 g/mol. The molecule has 5 nitrogen and oxygen atoms in total. The smallest absolute Gasteiger partial charge is 0.232 e. The number of benzene rings is 1. The number of amides is 1. The standard InChI is InChI=1S/C20H17N3O2S2/c1-2-13-5-7-14(8-6-13)16-11-19(25-23-16)22-18(24)10-15-12-27-20(21-15)17-4-3-9-26-17/h3-9,11-12H,2,10H2,1H3,(H,22,24). The molecule has 0 fully saturated rings. The SMILES string of the molecule is CCc1ccc(-c2cc(NC(=O)Cc3csc(-c4cccs4)n3)on2)cc1. The summed E-state index contributed by atoms with van der Waals surface area (Å²) in [6, 6.07) is 13.9. The molecular formula is C20H17N3O2S2. The number of nitrogens with zero attached hydrogens (tertiary/aromatic N) is 2. The Morgan fingerprint density at radius 2 is 2.04 bits per heavy atom. The summed E-state index contributed by atoms with van der Waals surface area (Å²) in [6.07, 6.45) is 1.19. The van der Waals surface area contributed by atoms with Crippen LogP contribution < -0.4 is 5.32 Å². The fourth-order valence-electron chi connectivity index (χ4n) is 2.63. The summed E-state index contributed by atoms with van der Waals surface area (Å²) in [6.45, 7) is 2.12. The molecule has 3 heterocycles. The van der Waals surface area contributed by atoms with Crippen molar-refractivity contribution in [3.63, 3.8) is 0 Å². The third kappa shape index (κ3) is 4.15. The van der Waals surface area contributed by atoms with Gasteiger partial charge in [-0.05, 0) is 23.4 Å². The van der Waals surface area contributed by atoms with Gasteiger partial charge in [-0.2, -0.15) is 0 Å².